The Hall–Kier alpha value is -0.620. The molecule has 5 nitrogen and oxygen atoms in total. The molecule has 1 aliphatic heterocycles. The average Bonchev–Trinajstić information content (AvgIpc) is 2.26. The number of aliphatic hydroxyl groups is 1. The van der Waals surface area contributed by atoms with Crippen LogP contribution in [-0.2, 0) is 19.4 Å². The van der Waals surface area contributed by atoms with E-state index in [2.05, 4.69) is 4.74 Å². The summed E-state index contributed by atoms with van der Waals surface area (Å²) in [4.78, 5) is 11.7. The lowest BCUT2D eigenvalue weighted by Gasteiger charge is -2.38. The van der Waals surface area contributed by atoms with Gasteiger partial charge in [0, 0.05) is 5.92 Å². The van der Waals surface area contributed by atoms with Crippen molar-refractivity contribution in [3.63, 3.8) is 0 Å². The Morgan fingerprint density at radius 2 is 1.82 bits per heavy atom. The molecule has 0 aromatic carbocycles. The largest absolute Gasteiger partial charge is 0.467 e. The maximum atomic E-state index is 11.7. The minimum atomic E-state index is -3.00. The molecule has 1 aliphatic rings. The number of hydrogen-bond donors (Lipinski definition) is 1. The molecule has 1 unspecified atom stereocenters. The topological polar surface area (TPSA) is 80.7 Å². The van der Waals surface area contributed by atoms with Gasteiger partial charge >= 0.3 is 5.97 Å². The van der Waals surface area contributed by atoms with E-state index in [0.29, 0.717) is 12.8 Å². The number of carbonyl (C=O) groups excluding carboxylic acids is 1. The Bertz CT molecular complexity index is 373. The van der Waals surface area contributed by atoms with Crippen molar-refractivity contribution in [1.82, 2.24) is 0 Å². The molecule has 0 bridgehead atoms. The molecule has 0 aromatic rings. The van der Waals surface area contributed by atoms with Crippen molar-refractivity contribution < 1.29 is 23.1 Å². The van der Waals surface area contributed by atoms with Crippen molar-refractivity contribution in [2.75, 3.05) is 18.6 Å². The van der Waals surface area contributed by atoms with E-state index in [-0.39, 0.29) is 23.3 Å². The molecule has 0 amide bonds. The van der Waals surface area contributed by atoms with Gasteiger partial charge in [-0.25, -0.2) is 13.2 Å². The molecule has 0 radical (unpaired) electrons. The van der Waals surface area contributed by atoms with E-state index in [1.807, 2.05) is 0 Å². The third-order valence-corrected chi connectivity index (χ3v) is 5.29. The maximum absolute atomic E-state index is 11.7. The monoisotopic (exact) mass is 264 g/mol. The molecule has 1 heterocycles. The van der Waals surface area contributed by atoms with E-state index >= 15 is 0 Å². The lowest BCUT2D eigenvalue weighted by Crippen LogP contribution is -2.53. The molecule has 0 saturated carbocycles. The van der Waals surface area contributed by atoms with E-state index in [0.717, 1.165) is 0 Å². The molecule has 0 aromatic heterocycles. The first-order chi connectivity index (χ1) is 7.74. The van der Waals surface area contributed by atoms with Crippen LogP contribution in [0.5, 0.6) is 0 Å². The smallest absolute Gasteiger partial charge is 0.338 e. The van der Waals surface area contributed by atoms with E-state index in [4.69, 9.17) is 0 Å². The molecule has 1 N–H and O–H groups in total. The number of sulfone groups is 1. The molecule has 1 rings (SSSR count). The summed E-state index contributed by atoms with van der Waals surface area (Å²) >= 11 is 0. The van der Waals surface area contributed by atoms with Crippen LogP contribution in [0, 0.1) is 11.8 Å². The van der Waals surface area contributed by atoms with Crippen LogP contribution in [0.1, 0.15) is 26.7 Å². The van der Waals surface area contributed by atoms with Gasteiger partial charge in [0.05, 0.1) is 18.6 Å². The standard InChI is InChI=1S/C11H20O5S/c1-8(2)11(13,10(12)16-3)9-4-6-17(14,15)7-5-9/h8-9,13H,4-7H2,1-3H3. The van der Waals surface area contributed by atoms with E-state index in [1.165, 1.54) is 7.11 Å². The lowest BCUT2D eigenvalue weighted by atomic mass is 9.75. The zero-order valence-electron chi connectivity index (χ0n) is 10.5. The molecular weight excluding hydrogens is 244 g/mol. The summed E-state index contributed by atoms with van der Waals surface area (Å²) in [5.41, 5.74) is -1.58. The summed E-state index contributed by atoms with van der Waals surface area (Å²) in [5, 5.41) is 10.5. The molecule has 0 aliphatic carbocycles. The van der Waals surface area contributed by atoms with Crippen molar-refractivity contribution in [3.05, 3.63) is 0 Å². The number of rotatable bonds is 3. The Morgan fingerprint density at radius 3 is 2.18 bits per heavy atom. The second-order valence-corrected chi connectivity index (χ2v) is 7.20. The highest BCUT2D eigenvalue weighted by atomic mass is 32.2. The van der Waals surface area contributed by atoms with Gasteiger partial charge in [-0.2, -0.15) is 0 Å². The third-order valence-electron chi connectivity index (χ3n) is 3.57. The number of hydrogen-bond acceptors (Lipinski definition) is 5. The van der Waals surface area contributed by atoms with Gasteiger partial charge < -0.3 is 9.84 Å². The summed E-state index contributed by atoms with van der Waals surface area (Å²) in [7, 11) is -1.77. The fourth-order valence-electron chi connectivity index (χ4n) is 2.37. The van der Waals surface area contributed by atoms with Crippen LogP contribution in [0.25, 0.3) is 0 Å². The second kappa shape index (κ2) is 4.94. The van der Waals surface area contributed by atoms with Gasteiger partial charge in [0.15, 0.2) is 5.60 Å². The van der Waals surface area contributed by atoms with Gasteiger partial charge in [0.1, 0.15) is 9.84 Å². The predicted molar refractivity (Wildman–Crippen MR) is 63.2 cm³/mol. The summed E-state index contributed by atoms with van der Waals surface area (Å²) in [6.45, 7) is 3.47. The van der Waals surface area contributed by atoms with Gasteiger partial charge in [0.2, 0.25) is 0 Å². The number of carbonyl (C=O) groups is 1. The van der Waals surface area contributed by atoms with Gasteiger partial charge in [-0.3, -0.25) is 0 Å². The minimum Gasteiger partial charge on any atom is -0.467 e. The highest BCUT2D eigenvalue weighted by Crippen LogP contribution is 2.35. The third kappa shape index (κ3) is 2.80. The van der Waals surface area contributed by atoms with Crippen LogP contribution in [0.2, 0.25) is 0 Å². The van der Waals surface area contributed by atoms with E-state index < -0.39 is 21.4 Å². The lowest BCUT2D eigenvalue weighted by molar-refractivity contribution is -0.176. The molecule has 1 atom stereocenters. The van der Waals surface area contributed by atoms with Crippen LogP contribution < -0.4 is 0 Å². The Labute approximate surface area is 102 Å². The fraction of sp³-hybridized carbons (Fsp3) is 0.909. The van der Waals surface area contributed by atoms with Crippen LogP contribution in [0.3, 0.4) is 0 Å². The normalized spacial score (nSPS) is 24.3. The average molecular weight is 264 g/mol. The molecule has 6 heteroatoms. The molecular formula is C11H20O5S. The van der Waals surface area contributed by atoms with E-state index in [1.54, 1.807) is 13.8 Å². The van der Waals surface area contributed by atoms with Crippen molar-refractivity contribution in [2.24, 2.45) is 11.8 Å². The van der Waals surface area contributed by atoms with Gasteiger partial charge in [-0.1, -0.05) is 13.8 Å². The van der Waals surface area contributed by atoms with Gasteiger partial charge in [-0.05, 0) is 18.8 Å². The second-order valence-electron chi connectivity index (χ2n) is 4.90. The van der Waals surface area contributed by atoms with Crippen molar-refractivity contribution in [2.45, 2.75) is 32.3 Å². The highest BCUT2D eigenvalue weighted by molar-refractivity contribution is 7.91. The zero-order chi connectivity index (χ0) is 13.3. The first-order valence-corrected chi connectivity index (χ1v) is 7.57. The summed E-state index contributed by atoms with van der Waals surface area (Å²) in [5.74, 6) is -1.26. The summed E-state index contributed by atoms with van der Waals surface area (Å²) in [6.07, 6.45) is 0.623. The number of methoxy groups -OCH3 is 1. The first-order valence-electron chi connectivity index (χ1n) is 5.75. The molecule has 17 heavy (non-hydrogen) atoms. The maximum Gasteiger partial charge on any atom is 0.338 e. The van der Waals surface area contributed by atoms with Crippen LogP contribution in [0.4, 0.5) is 0 Å². The SMILES string of the molecule is COC(=O)C(O)(C(C)C)C1CCS(=O)(=O)CC1. The van der Waals surface area contributed by atoms with E-state index in [9.17, 15) is 18.3 Å². The van der Waals surface area contributed by atoms with Crippen LogP contribution >= 0.6 is 0 Å². The van der Waals surface area contributed by atoms with Gasteiger partial charge in [0.25, 0.3) is 0 Å². The molecule has 100 valence electrons. The Morgan fingerprint density at radius 1 is 1.35 bits per heavy atom. The Balaban J connectivity index is 2.91. The predicted octanol–water partition coefficient (Wildman–Crippen LogP) is 0.371. The first kappa shape index (κ1) is 14.4. The minimum absolute atomic E-state index is 0.0314. The number of esters is 1. The number of ether oxygens (including phenoxy) is 1. The van der Waals surface area contributed by atoms with Crippen molar-refractivity contribution in [1.29, 1.82) is 0 Å². The van der Waals surface area contributed by atoms with Crippen LogP contribution in [0.15, 0.2) is 0 Å². The van der Waals surface area contributed by atoms with Crippen LogP contribution in [-0.4, -0.2) is 43.7 Å². The van der Waals surface area contributed by atoms with Crippen molar-refractivity contribution in [3.8, 4) is 0 Å². The molecule has 0 spiro atoms. The summed E-state index contributed by atoms with van der Waals surface area (Å²) in [6, 6.07) is 0. The quantitative estimate of drug-likeness (QED) is 0.745. The highest BCUT2D eigenvalue weighted by Gasteiger charge is 2.49. The Kier molecular flexibility index (Phi) is 4.19. The molecule has 1 saturated heterocycles. The van der Waals surface area contributed by atoms with Crippen molar-refractivity contribution >= 4 is 15.8 Å². The molecule has 1 fully saturated rings. The van der Waals surface area contributed by atoms with Gasteiger partial charge in [-0.15, -0.1) is 0 Å². The summed E-state index contributed by atoms with van der Waals surface area (Å²) < 4.78 is 27.3. The zero-order valence-corrected chi connectivity index (χ0v) is 11.3. The fourth-order valence-corrected chi connectivity index (χ4v) is 3.86.